The molecule has 1 amide bonds. The lowest BCUT2D eigenvalue weighted by Crippen LogP contribution is -2.42. The second kappa shape index (κ2) is 9.56. The molecule has 0 aromatic heterocycles. The summed E-state index contributed by atoms with van der Waals surface area (Å²) in [6.07, 6.45) is 1.97. The van der Waals surface area contributed by atoms with E-state index in [2.05, 4.69) is 15.6 Å². The molecule has 1 aliphatic rings. The number of amides is 1. The third-order valence-corrected chi connectivity index (χ3v) is 4.48. The van der Waals surface area contributed by atoms with Crippen molar-refractivity contribution in [1.29, 1.82) is 0 Å². The standard InChI is InChI=1S/C17H24ClFN4O.HI/c1-4-20-16(21-10-15(24)23(2)3)22-11-17(7-8-17)13-6-5-12(19)9-14(13)18;/h5-6,9H,4,7-8,10-11H2,1-3H3,(H2,20,21,22);1H. The van der Waals surface area contributed by atoms with Crippen molar-refractivity contribution < 1.29 is 9.18 Å². The Morgan fingerprint density at radius 3 is 2.56 bits per heavy atom. The van der Waals surface area contributed by atoms with Crippen molar-refractivity contribution in [2.24, 2.45) is 4.99 Å². The molecule has 0 saturated heterocycles. The number of guanidine groups is 1. The number of likely N-dealkylation sites (N-methyl/N-ethyl adjacent to an activating group) is 1. The van der Waals surface area contributed by atoms with Crippen LogP contribution in [0.1, 0.15) is 25.3 Å². The van der Waals surface area contributed by atoms with Crippen molar-refractivity contribution in [3.8, 4) is 0 Å². The molecule has 1 aromatic carbocycles. The molecule has 0 radical (unpaired) electrons. The molecule has 2 N–H and O–H groups in total. The van der Waals surface area contributed by atoms with E-state index in [1.807, 2.05) is 6.92 Å². The van der Waals surface area contributed by atoms with Gasteiger partial charge in [-0.1, -0.05) is 17.7 Å². The third kappa shape index (κ3) is 5.99. The van der Waals surface area contributed by atoms with Crippen molar-refractivity contribution in [3.63, 3.8) is 0 Å². The minimum atomic E-state index is -0.329. The summed E-state index contributed by atoms with van der Waals surface area (Å²) in [5.41, 5.74) is 0.866. The van der Waals surface area contributed by atoms with Gasteiger partial charge in [0.2, 0.25) is 5.91 Å². The predicted octanol–water partition coefficient (Wildman–Crippen LogP) is 2.77. The molecule has 0 heterocycles. The minimum Gasteiger partial charge on any atom is -0.357 e. The highest BCUT2D eigenvalue weighted by atomic mass is 127. The van der Waals surface area contributed by atoms with Crippen LogP contribution in [0, 0.1) is 5.82 Å². The van der Waals surface area contributed by atoms with Crippen LogP contribution < -0.4 is 10.6 Å². The van der Waals surface area contributed by atoms with Gasteiger partial charge in [-0.3, -0.25) is 4.79 Å². The highest BCUT2D eigenvalue weighted by Gasteiger charge is 2.45. The molecular weight excluding hydrogens is 458 g/mol. The first kappa shape index (κ1) is 22.0. The number of nitrogens with one attached hydrogen (secondary N) is 2. The van der Waals surface area contributed by atoms with Gasteiger partial charge in [0.25, 0.3) is 0 Å². The summed E-state index contributed by atoms with van der Waals surface area (Å²) in [6, 6.07) is 4.55. The Bertz CT molecular complexity index is 635. The van der Waals surface area contributed by atoms with Gasteiger partial charge in [0.1, 0.15) is 12.4 Å². The molecule has 25 heavy (non-hydrogen) atoms. The number of halogens is 3. The van der Waals surface area contributed by atoms with Crippen LogP contribution in [0.15, 0.2) is 23.2 Å². The van der Waals surface area contributed by atoms with E-state index in [9.17, 15) is 9.18 Å². The summed E-state index contributed by atoms with van der Waals surface area (Å²) >= 11 is 6.20. The van der Waals surface area contributed by atoms with Crippen LogP contribution in [-0.2, 0) is 10.2 Å². The van der Waals surface area contributed by atoms with Crippen LogP contribution in [-0.4, -0.2) is 50.5 Å². The molecule has 0 atom stereocenters. The first-order valence-electron chi connectivity index (χ1n) is 8.06. The Balaban J connectivity index is 0.00000312. The maximum absolute atomic E-state index is 13.2. The Morgan fingerprint density at radius 1 is 1.36 bits per heavy atom. The largest absolute Gasteiger partial charge is 0.357 e. The quantitative estimate of drug-likeness (QED) is 0.372. The van der Waals surface area contributed by atoms with E-state index in [4.69, 9.17) is 11.6 Å². The van der Waals surface area contributed by atoms with Crippen molar-refractivity contribution >= 4 is 47.4 Å². The Kier molecular flexibility index (Phi) is 8.40. The molecular formula is C17H25ClFIN4O. The summed E-state index contributed by atoms with van der Waals surface area (Å²) in [4.78, 5) is 17.5. The highest BCUT2D eigenvalue weighted by molar-refractivity contribution is 14.0. The first-order chi connectivity index (χ1) is 11.4. The van der Waals surface area contributed by atoms with E-state index in [1.165, 1.54) is 17.0 Å². The summed E-state index contributed by atoms with van der Waals surface area (Å²) in [6.45, 7) is 3.40. The third-order valence-electron chi connectivity index (χ3n) is 4.17. The molecule has 2 rings (SSSR count). The predicted molar refractivity (Wildman–Crippen MR) is 110 cm³/mol. The summed E-state index contributed by atoms with van der Waals surface area (Å²) in [5, 5.41) is 6.86. The van der Waals surface area contributed by atoms with Crippen molar-refractivity contribution in [2.45, 2.75) is 25.2 Å². The fourth-order valence-corrected chi connectivity index (χ4v) is 2.86. The molecule has 0 unspecified atom stereocenters. The fourth-order valence-electron chi connectivity index (χ4n) is 2.49. The molecule has 1 aromatic rings. The average molecular weight is 483 g/mol. The smallest absolute Gasteiger partial charge is 0.243 e. The average Bonchev–Trinajstić information content (AvgIpc) is 3.30. The van der Waals surface area contributed by atoms with Gasteiger partial charge >= 0.3 is 0 Å². The monoisotopic (exact) mass is 482 g/mol. The molecule has 0 bridgehead atoms. The summed E-state index contributed by atoms with van der Waals surface area (Å²) < 4.78 is 13.2. The number of nitrogens with zero attached hydrogens (tertiary/aromatic N) is 2. The maximum Gasteiger partial charge on any atom is 0.243 e. The van der Waals surface area contributed by atoms with E-state index in [1.54, 1.807) is 20.2 Å². The maximum atomic E-state index is 13.2. The Hall–Kier alpha value is -1.09. The van der Waals surface area contributed by atoms with Crippen molar-refractivity contribution in [3.05, 3.63) is 34.6 Å². The van der Waals surface area contributed by atoms with E-state index in [0.29, 0.717) is 24.1 Å². The second-order valence-electron chi connectivity index (χ2n) is 6.24. The number of carbonyl (C=O) groups is 1. The Morgan fingerprint density at radius 2 is 2.04 bits per heavy atom. The second-order valence-corrected chi connectivity index (χ2v) is 6.65. The van der Waals surface area contributed by atoms with E-state index < -0.39 is 0 Å². The molecule has 0 aliphatic heterocycles. The van der Waals surface area contributed by atoms with Crippen LogP contribution in [0.2, 0.25) is 5.02 Å². The molecule has 1 saturated carbocycles. The molecule has 8 heteroatoms. The van der Waals surface area contributed by atoms with Crippen LogP contribution in [0.25, 0.3) is 0 Å². The SMILES string of the molecule is CCNC(=NCC(=O)N(C)C)NCC1(c2ccc(F)cc2Cl)CC1.I. The zero-order chi connectivity index (χ0) is 17.7. The van der Waals surface area contributed by atoms with Crippen LogP contribution in [0.3, 0.4) is 0 Å². The lowest BCUT2D eigenvalue weighted by atomic mass is 9.96. The van der Waals surface area contributed by atoms with Crippen molar-refractivity contribution in [1.82, 2.24) is 15.5 Å². The van der Waals surface area contributed by atoms with Gasteiger partial charge in [-0.2, -0.15) is 0 Å². The number of rotatable bonds is 6. The van der Waals surface area contributed by atoms with Gasteiger partial charge in [0, 0.05) is 37.6 Å². The van der Waals surface area contributed by atoms with Crippen LogP contribution in [0.4, 0.5) is 4.39 Å². The van der Waals surface area contributed by atoms with E-state index in [0.717, 1.165) is 18.4 Å². The zero-order valence-electron chi connectivity index (χ0n) is 14.7. The topological polar surface area (TPSA) is 56.7 Å². The number of benzene rings is 1. The van der Waals surface area contributed by atoms with E-state index >= 15 is 0 Å². The van der Waals surface area contributed by atoms with E-state index in [-0.39, 0.29) is 47.7 Å². The number of hydrogen-bond donors (Lipinski definition) is 2. The van der Waals surface area contributed by atoms with Gasteiger partial charge in [0.05, 0.1) is 0 Å². The number of hydrogen-bond acceptors (Lipinski definition) is 2. The van der Waals surface area contributed by atoms with Gasteiger partial charge in [-0.25, -0.2) is 9.38 Å². The molecule has 5 nitrogen and oxygen atoms in total. The van der Waals surface area contributed by atoms with Crippen molar-refractivity contribution in [2.75, 3.05) is 33.7 Å². The molecule has 0 spiro atoms. The van der Waals surface area contributed by atoms with Gasteiger partial charge in [-0.15, -0.1) is 24.0 Å². The lowest BCUT2D eigenvalue weighted by molar-refractivity contribution is -0.127. The summed E-state index contributed by atoms with van der Waals surface area (Å²) in [5.74, 6) is 0.205. The molecule has 1 aliphatic carbocycles. The van der Waals surface area contributed by atoms with Gasteiger partial charge in [0.15, 0.2) is 5.96 Å². The Labute approximate surface area is 170 Å². The normalized spacial score (nSPS) is 15.2. The minimum absolute atomic E-state index is 0. The van der Waals surface area contributed by atoms with Gasteiger partial charge in [-0.05, 0) is 37.5 Å². The number of carbonyl (C=O) groups excluding carboxylic acids is 1. The highest BCUT2D eigenvalue weighted by Crippen LogP contribution is 2.50. The zero-order valence-corrected chi connectivity index (χ0v) is 17.8. The van der Waals surface area contributed by atoms with Crippen LogP contribution in [0.5, 0.6) is 0 Å². The molecule has 1 fully saturated rings. The number of aliphatic imine (C=N–C) groups is 1. The van der Waals surface area contributed by atoms with Gasteiger partial charge < -0.3 is 15.5 Å². The lowest BCUT2D eigenvalue weighted by Gasteiger charge is -2.20. The first-order valence-corrected chi connectivity index (χ1v) is 8.43. The molecule has 140 valence electrons. The fraction of sp³-hybridized carbons (Fsp3) is 0.529. The van der Waals surface area contributed by atoms with Crippen LogP contribution >= 0.6 is 35.6 Å². The summed E-state index contributed by atoms with van der Waals surface area (Å²) in [7, 11) is 3.40.